The van der Waals surface area contributed by atoms with Crippen LogP contribution in [0.25, 0.3) is 11.1 Å². The largest absolute Gasteiger partial charge is 1.00 e. The molecule has 2 aromatic carbocycles. The summed E-state index contributed by atoms with van der Waals surface area (Å²) in [5.41, 5.74) is 2.42. The van der Waals surface area contributed by atoms with Crippen molar-refractivity contribution in [2.24, 2.45) is 0 Å². The molecule has 2 N–H and O–H groups in total. The average molecular weight is 478 g/mol. The number of carboxylic acid groups (broad SMARTS) is 1. The Labute approximate surface area is 218 Å². The molecule has 1 aliphatic rings. The van der Waals surface area contributed by atoms with E-state index in [-0.39, 0.29) is 29.6 Å². The molecular weight excluding hydrogens is 457 g/mol. The Balaban J connectivity index is 0.00000385. The number of amides is 3. The molecule has 0 saturated carbocycles. The molecule has 0 saturated heterocycles. The SMILES string of the molecule is CC1=CN(C)C(=O)C(NC(=O)NC(CC(=O)[O-])c2cccc(-c3cccc(Cl)c3)c2)C1=O.[Na+]. The van der Waals surface area contributed by atoms with Crippen LogP contribution in [-0.4, -0.2) is 41.7 Å². The number of Topliss-reactive ketones (excluding diaryl/α,β-unsaturated/α-hetero) is 1. The van der Waals surface area contributed by atoms with E-state index < -0.39 is 42.2 Å². The molecular formula is C23H21ClN3NaO5. The van der Waals surface area contributed by atoms with E-state index in [0.717, 1.165) is 11.1 Å². The van der Waals surface area contributed by atoms with Crippen LogP contribution >= 0.6 is 11.6 Å². The topological polar surface area (TPSA) is 119 Å². The van der Waals surface area contributed by atoms with Crippen LogP contribution < -0.4 is 45.3 Å². The van der Waals surface area contributed by atoms with Crippen LogP contribution in [0.2, 0.25) is 5.02 Å². The zero-order chi connectivity index (χ0) is 23.4. The second-order valence-corrected chi connectivity index (χ2v) is 7.88. The summed E-state index contributed by atoms with van der Waals surface area (Å²) in [4.78, 5) is 49.7. The Morgan fingerprint density at radius 3 is 2.39 bits per heavy atom. The molecule has 0 aromatic heterocycles. The van der Waals surface area contributed by atoms with Gasteiger partial charge in [0, 0.05) is 36.2 Å². The Kier molecular flexibility index (Phi) is 9.25. The standard InChI is InChI=1S/C23H22ClN3O5.Na/c1-13-12-27(2)22(31)20(21(13)30)26-23(32)25-18(11-19(28)29)16-7-3-5-14(9-16)15-6-4-8-17(24)10-15;/h3-10,12,18,20H,11H2,1-2H3,(H,28,29)(H2,25,26,32);/q;+1/p-1. The molecule has 8 nitrogen and oxygen atoms in total. The number of hydrogen-bond acceptors (Lipinski definition) is 5. The van der Waals surface area contributed by atoms with Crippen molar-refractivity contribution in [3.8, 4) is 11.1 Å². The third-order valence-corrected chi connectivity index (χ3v) is 5.27. The number of carbonyl (C=O) groups is 4. The van der Waals surface area contributed by atoms with Crippen LogP contribution in [0.4, 0.5) is 4.79 Å². The molecule has 0 fully saturated rings. The molecule has 3 amide bonds. The van der Waals surface area contributed by atoms with Crippen LogP contribution in [-0.2, 0) is 14.4 Å². The minimum atomic E-state index is -1.38. The number of carbonyl (C=O) groups excluding carboxylic acids is 4. The summed E-state index contributed by atoms with van der Waals surface area (Å²) in [7, 11) is 1.48. The van der Waals surface area contributed by atoms with Crippen LogP contribution in [0.1, 0.15) is 24.9 Å². The van der Waals surface area contributed by atoms with Gasteiger partial charge in [-0.3, -0.25) is 9.59 Å². The summed E-state index contributed by atoms with van der Waals surface area (Å²) in [6.45, 7) is 1.54. The number of benzene rings is 2. The Morgan fingerprint density at radius 1 is 1.12 bits per heavy atom. The van der Waals surface area contributed by atoms with Crippen LogP contribution in [0.5, 0.6) is 0 Å². The van der Waals surface area contributed by atoms with Gasteiger partial charge in [-0.25, -0.2) is 4.79 Å². The summed E-state index contributed by atoms with van der Waals surface area (Å²) in [5.74, 6) is -2.48. The zero-order valence-corrected chi connectivity index (χ0v) is 21.2. The molecule has 0 spiro atoms. The molecule has 1 heterocycles. The predicted octanol–water partition coefficient (Wildman–Crippen LogP) is -1.20. The predicted molar refractivity (Wildman–Crippen MR) is 116 cm³/mol. The van der Waals surface area contributed by atoms with Crippen molar-refractivity contribution in [3.63, 3.8) is 0 Å². The maximum Gasteiger partial charge on any atom is 1.00 e. The molecule has 10 heteroatoms. The maximum atomic E-state index is 12.6. The van der Waals surface area contributed by atoms with Gasteiger partial charge in [-0.1, -0.05) is 41.9 Å². The van der Waals surface area contributed by atoms with Crippen molar-refractivity contribution in [1.29, 1.82) is 0 Å². The first-order chi connectivity index (χ1) is 15.2. The molecule has 2 aromatic rings. The van der Waals surface area contributed by atoms with Crippen molar-refractivity contribution in [3.05, 3.63) is 70.9 Å². The number of carboxylic acids is 1. The van der Waals surface area contributed by atoms with Gasteiger partial charge >= 0.3 is 35.6 Å². The van der Waals surface area contributed by atoms with Gasteiger partial charge in [-0.15, -0.1) is 0 Å². The van der Waals surface area contributed by atoms with E-state index in [0.29, 0.717) is 16.2 Å². The number of nitrogens with zero attached hydrogens (tertiary/aromatic N) is 1. The van der Waals surface area contributed by atoms with Gasteiger partial charge in [0.2, 0.25) is 0 Å². The summed E-state index contributed by atoms with van der Waals surface area (Å²) < 4.78 is 0. The fourth-order valence-electron chi connectivity index (χ4n) is 3.44. The normalized spacial score (nSPS) is 16.4. The molecule has 0 bridgehead atoms. The fraction of sp³-hybridized carbons (Fsp3) is 0.217. The summed E-state index contributed by atoms with van der Waals surface area (Å²) >= 11 is 6.06. The van der Waals surface area contributed by atoms with E-state index in [9.17, 15) is 24.3 Å². The van der Waals surface area contributed by atoms with Gasteiger partial charge in [0.15, 0.2) is 11.8 Å². The maximum absolute atomic E-state index is 12.6. The van der Waals surface area contributed by atoms with E-state index in [1.165, 1.54) is 25.1 Å². The smallest absolute Gasteiger partial charge is 0.550 e. The van der Waals surface area contributed by atoms with E-state index in [4.69, 9.17) is 11.6 Å². The number of rotatable bonds is 6. The molecule has 0 radical (unpaired) electrons. The minimum Gasteiger partial charge on any atom is -0.550 e. The number of likely N-dealkylation sites (N-methyl/N-ethyl adjacent to an activating group) is 1. The second kappa shape index (κ2) is 11.5. The molecule has 1 aliphatic heterocycles. The zero-order valence-electron chi connectivity index (χ0n) is 18.4. The van der Waals surface area contributed by atoms with Crippen molar-refractivity contribution in [2.75, 3.05) is 7.05 Å². The number of ketones is 1. The number of halogens is 1. The van der Waals surface area contributed by atoms with E-state index in [2.05, 4.69) is 10.6 Å². The van der Waals surface area contributed by atoms with Crippen molar-refractivity contribution in [2.45, 2.75) is 25.4 Å². The van der Waals surface area contributed by atoms with E-state index in [1.54, 1.807) is 36.4 Å². The molecule has 0 aliphatic carbocycles. The Hall–Kier alpha value is -2.65. The van der Waals surface area contributed by atoms with Gasteiger partial charge in [-0.2, -0.15) is 0 Å². The third kappa shape index (κ3) is 6.68. The summed E-state index contributed by atoms with van der Waals surface area (Å²) in [5, 5.41) is 16.7. The molecule has 166 valence electrons. The number of hydrogen-bond donors (Lipinski definition) is 2. The first-order valence-electron chi connectivity index (χ1n) is 9.78. The second-order valence-electron chi connectivity index (χ2n) is 7.44. The molecule has 2 atom stereocenters. The van der Waals surface area contributed by atoms with Crippen LogP contribution in [0.3, 0.4) is 0 Å². The fourth-order valence-corrected chi connectivity index (χ4v) is 3.63. The number of aliphatic carboxylic acids is 1. The van der Waals surface area contributed by atoms with E-state index >= 15 is 0 Å². The van der Waals surface area contributed by atoms with Crippen molar-refractivity contribution < 1.29 is 53.8 Å². The molecule has 33 heavy (non-hydrogen) atoms. The average Bonchev–Trinajstić information content (AvgIpc) is 2.75. The van der Waals surface area contributed by atoms with Gasteiger partial charge < -0.3 is 25.4 Å². The van der Waals surface area contributed by atoms with Crippen LogP contribution in [0.15, 0.2) is 60.3 Å². The van der Waals surface area contributed by atoms with Gasteiger partial charge in [-0.05, 0) is 41.8 Å². The molecule has 3 rings (SSSR count). The summed E-state index contributed by atoms with van der Waals surface area (Å²) in [6, 6.07) is 10.9. The van der Waals surface area contributed by atoms with Gasteiger partial charge in [0.05, 0.1) is 6.04 Å². The Bertz CT molecular complexity index is 1120. The van der Waals surface area contributed by atoms with Gasteiger partial charge in [0.25, 0.3) is 5.91 Å². The van der Waals surface area contributed by atoms with E-state index in [1.807, 2.05) is 12.1 Å². The first-order valence-corrected chi connectivity index (χ1v) is 10.2. The minimum absolute atomic E-state index is 0. The number of nitrogens with one attached hydrogen (secondary N) is 2. The molecule has 2 unspecified atom stereocenters. The van der Waals surface area contributed by atoms with Crippen molar-refractivity contribution >= 4 is 35.3 Å². The Morgan fingerprint density at radius 2 is 1.76 bits per heavy atom. The monoisotopic (exact) mass is 477 g/mol. The number of urea groups is 1. The first kappa shape index (κ1) is 26.6. The third-order valence-electron chi connectivity index (χ3n) is 5.03. The summed E-state index contributed by atoms with van der Waals surface area (Å²) in [6.07, 6.45) is 0.888. The van der Waals surface area contributed by atoms with Crippen LogP contribution in [0, 0.1) is 0 Å². The van der Waals surface area contributed by atoms with Crippen molar-refractivity contribution in [1.82, 2.24) is 15.5 Å². The van der Waals surface area contributed by atoms with Gasteiger partial charge in [0.1, 0.15) is 0 Å². The quantitative estimate of drug-likeness (QED) is 0.400.